The van der Waals surface area contributed by atoms with E-state index in [4.69, 9.17) is 5.73 Å². The number of benzene rings is 3. The maximum Gasteiger partial charge on any atom is 0.252 e. The molecule has 28 heavy (non-hydrogen) atoms. The van der Waals surface area contributed by atoms with E-state index in [0.717, 1.165) is 11.1 Å². The number of aliphatic hydroxyl groups is 1. The first-order valence-corrected chi connectivity index (χ1v) is 9.14. The minimum absolute atomic E-state index is 0.00854. The molecule has 0 heterocycles. The molecule has 3 rings (SSSR count). The Hall–Kier alpha value is -3.15. The number of phenols is 1. The van der Waals surface area contributed by atoms with Crippen molar-refractivity contribution in [1.29, 1.82) is 0 Å². The second kappa shape index (κ2) is 9.17. The van der Waals surface area contributed by atoms with Gasteiger partial charge in [-0.05, 0) is 28.8 Å². The van der Waals surface area contributed by atoms with Crippen molar-refractivity contribution < 1.29 is 15.0 Å². The second-order valence-electron chi connectivity index (χ2n) is 6.80. The molecule has 0 aliphatic rings. The Kier molecular flexibility index (Phi) is 6.42. The van der Waals surface area contributed by atoms with Crippen LogP contribution in [0, 0.1) is 0 Å². The van der Waals surface area contributed by atoms with Crippen LogP contribution in [-0.4, -0.2) is 27.6 Å². The van der Waals surface area contributed by atoms with Gasteiger partial charge in [-0.25, -0.2) is 0 Å². The number of primary amides is 1. The summed E-state index contributed by atoms with van der Waals surface area (Å²) in [4.78, 5) is 13.6. The fourth-order valence-corrected chi connectivity index (χ4v) is 3.18. The first-order chi connectivity index (χ1) is 13.5. The van der Waals surface area contributed by atoms with E-state index in [1.54, 1.807) is 6.07 Å². The minimum atomic E-state index is -0.828. The lowest BCUT2D eigenvalue weighted by Gasteiger charge is -2.26. The van der Waals surface area contributed by atoms with Crippen molar-refractivity contribution in [2.75, 3.05) is 6.54 Å². The molecule has 1 amide bonds. The molecule has 0 fully saturated rings. The Morgan fingerprint density at radius 2 is 1.43 bits per heavy atom. The number of hydrogen-bond acceptors (Lipinski definition) is 4. The van der Waals surface area contributed by atoms with Crippen LogP contribution in [0.3, 0.4) is 0 Å². The Morgan fingerprint density at radius 1 is 0.893 bits per heavy atom. The van der Waals surface area contributed by atoms with Crippen LogP contribution in [0.2, 0.25) is 0 Å². The van der Waals surface area contributed by atoms with Gasteiger partial charge in [-0.1, -0.05) is 66.7 Å². The highest BCUT2D eigenvalue weighted by Crippen LogP contribution is 2.24. The molecule has 0 saturated heterocycles. The molecule has 0 saturated carbocycles. The van der Waals surface area contributed by atoms with Crippen LogP contribution in [0.4, 0.5) is 0 Å². The zero-order valence-corrected chi connectivity index (χ0v) is 15.5. The molecule has 1 unspecified atom stereocenters. The van der Waals surface area contributed by atoms with Crippen molar-refractivity contribution in [3.8, 4) is 5.75 Å². The van der Waals surface area contributed by atoms with Crippen LogP contribution in [0.5, 0.6) is 5.75 Å². The first-order valence-electron chi connectivity index (χ1n) is 9.14. The number of rotatable bonds is 8. The van der Waals surface area contributed by atoms with Crippen LogP contribution in [-0.2, 0) is 13.1 Å². The van der Waals surface area contributed by atoms with Gasteiger partial charge in [0.1, 0.15) is 5.75 Å². The van der Waals surface area contributed by atoms with E-state index >= 15 is 0 Å². The van der Waals surface area contributed by atoms with E-state index in [9.17, 15) is 15.0 Å². The summed E-state index contributed by atoms with van der Waals surface area (Å²) >= 11 is 0. The molecule has 0 aliphatic heterocycles. The lowest BCUT2D eigenvalue weighted by atomic mass is 10.0. The van der Waals surface area contributed by atoms with E-state index in [0.29, 0.717) is 25.2 Å². The van der Waals surface area contributed by atoms with E-state index in [-0.39, 0.29) is 11.3 Å². The molecule has 0 bridgehead atoms. The summed E-state index contributed by atoms with van der Waals surface area (Å²) in [6.07, 6.45) is -0.828. The quantitative estimate of drug-likeness (QED) is 0.563. The molecule has 0 aliphatic carbocycles. The summed E-state index contributed by atoms with van der Waals surface area (Å²) in [7, 11) is 0. The number of amides is 1. The smallest absolute Gasteiger partial charge is 0.252 e. The van der Waals surface area contributed by atoms with E-state index < -0.39 is 12.0 Å². The zero-order valence-electron chi connectivity index (χ0n) is 15.5. The van der Waals surface area contributed by atoms with Crippen molar-refractivity contribution in [3.05, 3.63) is 101 Å². The third kappa shape index (κ3) is 5.19. The van der Waals surface area contributed by atoms with Crippen molar-refractivity contribution in [2.24, 2.45) is 5.73 Å². The number of nitrogens with two attached hydrogens (primary N) is 1. The van der Waals surface area contributed by atoms with Gasteiger partial charge in [-0.2, -0.15) is 0 Å². The van der Waals surface area contributed by atoms with Crippen molar-refractivity contribution in [3.63, 3.8) is 0 Å². The fourth-order valence-electron chi connectivity index (χ4n) is 3.18. The van der Waals surface area contributed by atoms with E-state index in [2.05, 4.69) is 29.2 Å². The van der Waals surface area contributed by atoms with Crippen molar-refractivity contribution in [1.82, 2.24) is 4.90 Å². The number of aromatic hydroxyl groups is 1. The molecular weight excluding hydrogens is 352 g/mol. The SMILES string of the molecule is NC(=O)c1cc(C(O)CN(Cc2ccccc2)Cc2ccccc2)ccc1O. The van der Waals surface area contributed by atoms with Crippen LogP contribution in [0.15, 0.2) is 78.9 Å². The van der Waals surface area contributed by atoms with Gasteiger partial charge in [0.25, 0.3) is 5.91 Å². The normalized spacial score (nSPS) is 12.1. The van der Waals surface area contributed by atoms with Crippen LogP contribution in [0.1, 0.15) is 33.2 Å². The molecule has 5 heteroatoms. The average molecular weight is 376 g/mol. The van der Waals surface area contributed by atoms with E-state index in [1.165, 1.54) is 12.1 Å². The minimum Gasteiger partial charge on any atom is -0.507 e. The summed E-state index contributed by atoms with van der Waals surface area (Å²) in [5, 5.41) is 20.5. The Balaban J connectivity index is 1.79. The highest BCUT2D eigenvalue weighted by molar-refractivity contribution is 5.95. The molecule has 3 aromatic carbocycles. The molecule has 144 valence electrons. The maximum atomic E-state index is 11.5. The number of nitrogens with zero attached hydrogens (tertiary/aromatic N) is 1. The summed E-state index contributed by atoms with van der Waals surface area (Å²) in [5.41, 5.74) is 8.14. The molecule has 1 atom stereocenters. The van der Waals surface area contributed by atoms with Gasteiger partial charge >= 0.3 is 0 Å². The van der Waals surface area contributed by atoms with E-state index in [1.807, 2.05) is 36.4 Å². The number of carbonyl (C=O) groups is 1. The van der Waals surface area contributed by atoms with Crippen molar-refractivity contribution in [2.45, 2.75) is 19.2 Å². The molecule has 3 aromatic rings. The Bertz CT molecular complexity index is 872. The topological polar surface area (TPSA) is 86.8 Å². The zero-order chi connectivity index (χ0) is 19.9. The van der Waals surface area contributed by atoms with Crippen LogP contribution in [0.25, 0.3) is 0 Å². The highest BCUT2D eigenvalue weighted by atomic mass is 16.3. The van der Waals surface area contributed by atoms with Crippen LogP contribution < -0.4 is 5.73 Å². The predicted molar refractivity (Wildman–Crippen MR) is 109 cm³/mol. The summed E-state index contributed by atoms with van der Waals surface area (Å²) < 4.78 is 0. The van der Waals surface area contributed by atoms with Gasteiger partial charge in [-0.3, -0.25) is 9.69 Å². The largest absolute Gasteiger partial charge is 0.507 e. The predicted octanol–water partition coefficient (Wildman–Crippen LogP) is 3.23. The fraction of sp³-hybridized carbons (Fsp3) is 0.174. The number of carbonyl (C=O) groups excluding carboxylic acids is 1. The van der Waals surface area contributed by atoms with Gasteiger partial charge in [-0.15, -0.1) is 0 Å². The maximum absolute atomic E-state index is 11.5. The summed E-state index contributed by atoms with van der Waals surface area (Å²) in [6.45, 7) is 1.72. The van der Waals surface area contributed by atoms with Gasteiger partial charge in [0.15, 0.2) is 0 Å². The number of hydrogen-bond donors (Lipinski definition) is 3. The highest BCUT2D eigenvalue weighted by Gasteiger charge is 2.17. The Labute approximate surface area is 164 Å². The van der Waals surface area contributed by atoms with Gasteiger partial charge in [0.05, 0.1) is 11.7 Å². The van der Waals surface area contributed by atoms with Gasteiger partial charge in [0, 0.05) is 19.6 Å². The first kappa shape index (κ1) is 19.6. The average Bonchev–Trinajstić information content (AvgIpc) is 2.69. The molecule has 4 N–H and O–H groups in total. The summed E-state index contributed by atoms with van der Waals surface area (Å²) in [5.74, 6) is -0.911. The molecule has 0 aromatic heterocycles. The monoisotopic (exact) mass is 376 g/mol. The van der Waals surface area contributed by atoms with Crippen LogP contribution >= 0.6 is 0 Å². The summed E-state index contributed by atoms with van der Waals surface area (Å²) in [6, 6.07) is 24.6. The molecule has 0 spiro atoms. The van der Waals surface area contributed by atoms with Gasteiger partial charge < -0.3 is 15.9 Å². The second-order valence-corrected chi connectivity index (χ2v) is 6.80. The number of aliphatic hydroxyl groups excluding tert-OH is 1. The molecular formula is C23H24N2O3. The lowest BCUT2D eigenvalue weighted by Crippen LogP contribution is -2.28. The molecule has 0 radical (unpaired) electrons. The van der Waals surface area contributed by atoms with Crippen molar-refractivity contribution >= 4 is 5.91 Å². The molecule has 5 nitrogen and oxygen atoms in total. The third-order valence-electron chi connectivity index (χ3n) is 4.60. The van der Waals surface area contributed by atoms with Gasteiger partial charge in [0.2, 0.25) is 0 Å². The third-order valence-corrected chi connectivity index (χ3v) is 4.60. The Morgan fingerprint density at radius 3 is 1.93 bits per heavy atom. The lowest BCUT2D eigenvalue weighted by molar-refractivity contribution is 0.0993. The standard InChI is InChI=1S/C23H24N2O3/c24-23(28)20-13-19(11-12-21(20)26)22(27)16-25(14-17-7-3-1-4-8-17)15-18-9-5-2-6-10-18/h1-13,22,26-27H,14-16H2,(H2,24,28).